The second-order valence-corrected chi connectivity index (χ2v) is 5.10. The van der Waals surface area contributed by atoms with Crippen LogP contribution in [0.3, 0.4) is 0 Å². The summed E-state index contributed by atoms with van der Waals surface area (Å²) in [7, 11) is 0. The number of hydrogen-bond acceptors (Lipinski definition) is 2. The first-order valence-corrected chi connectivity index (χ1v) is 5.90. The molecule has 94 valence electrons. The van der Waals surface area contributed by atoms with E-state index < -0.39 is 12.4 Å². The quantitative estimate of drug-likeness (QED) is 0.701. The standard InChI is InChI=1S/C12H20F2O2/c1-7(2)9-5-4-8(3)6-10(9)16-12(15)11(13)14/h7-11H,4-6H2,1-3H3/t8-,9+,10-/m1/s1. The minimum Gasteiger partial charge on any atom is -0.458 e. The summed E-state index contributed by atoms with van der Waals surface area (Å²) in [5, 5.41) is 0. The van der Waals surface area contributed by atoms with Crippen LogP contribution in [0, 0.1) is 17.8 Å². The van der Waals surface area contributed by atoms with E-state index in [1.807, 2.05) is 13.8 Å². The van der Waals surface area contributed by atoms with Crippen molar-refractivity contribution in [3.05, 3.63) is 0 Å². The van der Waals surface area contributed by atoms with E-state index in [9.17, 15) is 13.6 Å². The van der Waals surface area contributed by atoms with Gasteiger partial charge in [-0.2, -0.15) is 8.78 Å². The average molecular weight is 234 g/mol. The summed E-state index contributed by atoms with van der Waals surface area (Å²) in [5.41, 5.74) is 0. The Kier molecular flexibility index (Phi) is 4.69. The van der Waals surface area contributed by atoms with E-state index in [4.69, 9.17) is 4.74 Å². The molecule has 0 aromatic heterocycles. The Hall–Kier alpha value is -0.670. The molecule has 0 aliphatic heterocycles. The van der Waals surface area contributed by atoms with Crippen molar-refractivity contribution in [1.29, 1.82) is 0 Å². The maximum Gasteiger partial charge on any atom is 0.374 e. The third kappa shape index (κ3) is 3.42. The Balaban J connectivity index is 2.61. The molecule has 0 spiro atoms. The number of carbonyl (C=O) groups is 1. The van der Waals surface area contributed by atoms with Gasteiger partial charge in [-0.3, -0.25) is 0 Å². The lowest BCUT2D eigenvalue weighted by atomic mass is 9.75. The molecular formula is C12H20F2O2. The van der Waals surface area contributed by atoms with Crippen LogP contribution in [-0.4, -0.2) is 18.5 Å². The van der Waals surface area contributed by atoms with Gasteiger partial charge in [0.25, 0.3) is 0 Å². The predicted molar refractivity (Wildman–Crippen MR) is 57.2 cm³/mol. The molecule has 0 N–H and O–H groups in total. The highest BCUT2D eigenvalue weighted by molar-refractivity contribution is 5.73. The van der Waals surface area contributed by atoms with E-state index in [1.54, 1.807) is 0 Å². The zero-order valence-corrected chi connectivity index (χ0v) is 10.1. The largest absolute Gasteiger partial charge is 0.458 e. The molecule has 3 atom stereocenters. The van der Waals surface area contributed by atoms with Crippen LogP contribution < -0.4 is 0 Å². The van der Waals surface area contributed by atoms with Crippen LogP contribution in [0.15, 0.2) is 0 Å². The molecule has 1 rings (SSSR count). The van der Waals surface area contributed by atoms with E-state index in [-0.39, 0.29) is 12.0 Å². The average Bonchev–Trinajstić information content (AvgIpc) is 2.16. The van der Waals surface area contributed by atoms with Gasteiger partial charge in [0.2, 0.25) is 0 Å². The van der Waals surface area contributed by atoms with Crippen LogP contribution in [0.25, 0.3) is 0 Å². The SMILES string of the molecule is CC(C)[C@@H]1CC[C@@H](C)C[C@H]1OC(=O)C(F)F. The Labute approximate surface area is 95.4 Å². The number of carbonyl (C=O) groups excluding carboxylic acids is 1. The first-order chi connectivity index (χ1) is 7.41. The summed E-state index contributed by atoms with van der Waals surface area (Å²) in [5.74, 6) is -0.336. The smallest absolute Gasteiger partial charge is 0.374 e. The summed E-state index contributed by atoms with van der Waals surface area (Å²) in [4.78, 5) is 10.9. The van der Waals surface area contributed by atoms with Crippen LogP contribution in [0.1, 0.15) is 40.0 Å². The van der Waals surface area contributed by atoms with Gasteiger partial charge in [-0.25, -0.2) is 4.79 Å². The Morgan fingerprint density at radius 2 is 1.94 bits per heavy atom. The van der Waals surface area contributed by atoms with Crippen LogP contribution in [0.5, 0.6) is 0 Å². The Morgan fingerprint density at radius 1 is 1.31 bits per heavy atom. The highest BCUT2D eigenvalue weighted by Gasteiger charge is 2.34. The van der Waals surface area contributed by atoms with Crippen molar-refractivity contribution >= 4 is 5.97 Å². The Bertz CT molecular complexity index is 241. The minimum absolute atomic E-state index is 0.221. The molecule has 0 aromatic carbocycles. The van der Waals surface area contributed by atoms with Gasteiger partial charge in [0.05, 0.1) is 0 Å². The van der Waals surface area contributed by atoms with Crippen LogP contribution >= 0.6 is 0 Å². The third-order valence-electron chi connectivity index (χ3n) is 3.41. The van der Waals surface area contributed by atoms with Crippen LogP contribution in [-0.2, 0) is 9.53 Å². The molecule has 0 radical (unpaired) electrons. The van der Waals surface area contributed by atoms with Gasteiger partial charge in [0.15, 0.2) is 0 Å². The van der Waals surface area contributed by atoms with Crippen molar-refractivity contribution in [1.82, 2.24) is 0 Å². The lowest BCUT2D eigenvalue weighted by Crippen LogP contribution is -2.37. The van der Waals surface area contributed by atoms with Crippen LogP contribution in [0.4, 0.5) is 8.78 Å². The van der Waals surface area contributed by atoms with E-state index >= 15 is 0 Å². The van der Waals surface area contributed by atoms with Crippen molar-refractivity contribution < 1.29 is 18.3 Å². The molecule has 16 heavy (non-hydrogen) atoms. The normalized spacial score (nSPS) is 30.8. The van der Waals surface area contributed by atoms with Gasteiger partial charge < -0.3 is 4.74 Å². The molecule has 0 unspecified atom stereocenters. The maximum atomic E-state index is 12.1. The fourth-order valence-corrected chi connectivity index (χ4v) is 2.45. The fourth-order valence-electron chi connectivity index (χ4n) is 2.45. The van der Waals surface area contributed by atoms with E-state index in [1.165, 1.54) is 0 Å². The van der Waals surface area contributed by atoms with Gasteiger partial charge in [-0.05, 0) is 30.6 Å². The summed E-state index contributed by atoms with van der Waals surface area (Å²) in [6, 6.07) is 0. The van der Waals surface area contributed by atoms with Crippen molar-refractivity contribution in [3.8, 4) is 0 Å². The predicted octanol–water partition coefficient (Wildman–Crippen LogP) is 3.26. The molecule has 0 aromatic rings. The summed E-state index contributed by atoms with van der Waals surface area (Å²) < 4.78 is 29.2. The second-order valence-electron chi connectivity index (χ2n) is 5.10. The zero-order valence-electron chi connectivity index (χ0n) is 10.1. The van der Waals surface area contributed by atoms with Gasteiger partial charge in [-0.1, -0.05) is 27.2 Å². The van der Waals surface area contributed by atoms with Crippen LogP contribution in [0.2, 0.25) is 0 Å². The number of hydrogen-bond donors (Lipinski definition) is 0. The second kappa shape index (κ2) is 5.60. The van der Waals surface area contributed by atoms with E-state index in [0.717, 1.165) is 12.8 Å². The molecule has 2 nitrogen and oxygen atoms in total. The molecule has 0 bridgehead atoms. The first-order valence-electron chi connectivity index (χ1n) is 5.90. The summed E-state index contributed by atoms with van der Waals surface area (Å²) in [6.45, 7) is 6.16. The maximum absolute atomic E-state index is 12.1. The van der Waals surface area contributed by atoms with Gasteiger partial charge in [0, 0.05) is 0 Å². The van der Waals surface area contributed by atoms with Gasteiger partial charge in [-0.15, -0.1) is 0 Å². The van der Waals surface area contributed by atoms with Crippen molar-refractivity contribution in [2.24, 2.45) is 17.8 Å². The molecular weight excluding hydrogens is 214 g/mol. The minimum atomic E-state index is -3.01. The molecule has 1 fully saturated rings. The molecule has 4 heteroatoms. The number of ether oxygens (including phenoxy) is 1. The molecule has 0 amide bonds. The lowest BCUT2D eigenvalue weighted by molar-refractivity contribution is -0.168. The van der Waals surface area contributed by atoms with E-state index in [2.05, 4.69) is 6.92 Å². The van der Waals surface area contributed by atoms with Gasteiger partial charge >= 0.3 is 12.4 Å². The highest BCUT2D eigenvalue weighted by atomic mass is 19.3. The first kappa shape index (κ1) is 13.4. The monoisotopic (exact) mass is 234 g/mol. The molecule has 0 heterocycles. The van der Waals surface area contributed by atoms with Crippen molar-refractivity contribution in [2.45, 2.75) is 52.6 Å². The molecule has 1 saturated carbocycles. The van der Waals surface area contributed by atoms with E-state index in [0.29, 0.717) is 18.3 Å². The fraction of sp³-hybridized carbons (Fsp3) is 0.917. The Morgan fingerprint density at radius 3 is 2.44 bits per heavy atom. The summed E-state index contributed by atoms with van der Waals surface area (Å²) >= 11 is 0. The summed E-state index contributed by atoms with van der Waals surface area (Å²) in [6.07, 6.45) is -0.581. The zero-order chi connectivity index (χ0) is 12.3. The molecule has 0 saturated heterocycles. The number of rotatable bonds is 3. The third-order valence-corrected chi connectivity index (χ3v) is 3.41. The highest BCUT2D eigenvalue weighted by Crippen LogP contribution is 2.35. The van der Waals surface area contributed by atoms with Crippen molar-refractivity contribution in [2.75, 3.05) is 0 Å². The van der Waals surface area contributed by atoms with Gasteiger partial charge in [0.1, 0.15) is 6.10 Å². The lowest BCUT2D eigenvalue weighted by Gasteiger charge is -2.36. The number of esters is 1. The van der Waals surface area contributed by atoms with Crippen molar-refractivity contribution in [3.63, 3.8) is 0 Å². The topological polar surface area (TPSA) is 26.3 Å². The molecule has 1 aliphatic carbocycles. The number of halogens is 2. The molecule has 1 aliphatic rings. The number of alkyl halides is 2.